The molecule has 5 heteroatoms. The van der Waals surface area contributed by atoms with Gasteiger partial charge in [0.1, 0.15) is 5.15 Å². The number of aromatic nitrogens is 1. The van der Waals surface area contributed by atoms with Crippen molar-refractivity contribution in [3.05, 3.63) is 39.5 Å². The minimum Gasteiger partial charge on any atom is -0.243 e. The van der Waals surface area contributed by atoms with E-state index in [4.69, 9.17) is 17.1 Å². The molecule has 1 heterocycles. The van der Waals surface area contributed by atoms with Crippen molar-refractivity contribution in [1.29, 1.82) is 0 Å². The van der Waals surface area contributed by atoms with E-state index in [2.05, 4.69) is 26.9 Å². The summed E-state index contributed by atoms with van der Waals surface area (Å²) in [5.41, 5.74) is 8.80. The number of halogens is 1. The van der Waals surface area contributed by atoms with Crippen molar-refractivity contribution >= 4 is 11.6 Å². The fourth-order valence-electron chi connectivity index (χ4n) is 0.765. The number of hydrogen-bond donors (Lipinski definition) is 0. The second-order valence-corrected chi connectivity index (χ2v) is 2.76. The van der Waals surface area contributed by atoms with Gasteiger partial charge in [0.15, 0.2) is 0 Å². The van der Waals surface area contributed by atoms with E-state index in [9.17, 15) is 0 Å². The lowest BCUT2D eigenvalue weighted by molar-refractivity contribution is 1.01. The Bertz CT molecular complexity index is 395. The fraction of sp³-hybridized carbons (Fsp3) is 0.222. The molecule has 1 rings (SSSR count). The van der Waals surface area contributed by atoms with Gasteiger partial charge in [0.2, 0.25) is 0 Å². The first-order valence-corrected chi connectivity index (χ1v) is 4.32. The van der Waals surface area contributed by atoms with Gasteiger partial charge in [-0.1, -0.05) is 28.6 Å². The first-order chi connectivity index (χ1) is 6.83. The Morgan fingerprint density at radius 2 is 2.43 bits per heavy atom. The van der Waals surface area contributed by atoms with Crippen LogP contribution in [0.4, 0.5) is 0 Å². The Morgan fingerprint density at radius 3 is 3.07 bits per heavy atom. The van der Waals surface area contributed by atoms with Gasteiger partial charge >= 0.3 is 0 Å². The Kier molecular flexibility index (Phi) is 4.36. The fourth-order valence-corrected chi connectivity index (χ4v) is 0.877. The first-order valence-electron chi connectivity index (χ1n) is 3.94. The van der Waals surface area contributed by atoms with Crippen LogP contribution >= 0.6 is 11.6 Å². The molecule has 0 spiro atoms. The zero-order valence-corrected chi connectivity index (χ0v) is 8.07. The van der Waals surface area contributed by atoms with Gasteiger partial charge in [-0.15, -0.1) is 0 Å². The molecule has 0 saturated carbocycles. The summed E-state index contributed by atoms with van der Waals surface area (Å²) in [5, 5.41) is 3.81. The van der Waals surface area contributed by atoms with E-state index in [0.29, 0.717) is 18.1 Å². The summed E-state index contributed by atoms with van der Waals surface area (Å²) in [4.78, 5) is 6.49. The zero-order valence-electron chi connectivity index (χ0n) is 7.31. The van der Waals surface area contributed by atoms with Crippen molar-refractivity contribution in [1.82, 2.24) is 4.98 Å². The largest absolute Gasteiger partial charge is 0.243 e. The van der Waals surface area contributed by atoms with E-state index in [1.807, 2.05) is 0 Å². The number of pyridine rings is 1. The number of hydrogen-bond acceptors (Lipinski definition) is 2. The van der Waals surface area contributed by atoms with Gasteiger partial charge in [-0.05, 0) is 17.7 Å². The molecule has 4 nitrogen and oxygen atoms in total. The minimum absolute atomic E-state index is 0.393. The third-order valence-corrected chi connectivity index (χ3v) is 1.58. The maximum atomic E-state index is 8.00. The van der Waals surface area contributed by atoms with E-state index in [-0.39, 0.29) is 0 Å². The van der Waals surface area contributed by atoms with Crippen molar-refractivity contribution in [2.75, 3.05) is 6.54 Å². The topological polar surface area (TPSA) is 61.7 Å². The SMILES string of the molecule is [N-]=[N+]=NCCC#Cc1ccc(Cl)nc1. The van der Waals surface area contributed by atoms with Crippen molar-refractivity contribution in [3.8, 4) is 11.8 Å². The van der Waals surface area contributed by atoms with Crippen LogP contribution < -0.4 is 0 Å². The summed E-state index contributed by atoms with van der Waals surface area (Å²) in [7, 11) is 0. The van der Waals surface area contributed by atoms with Crippen LogP contribution in [0.5, 0.6) is 0 Å². The maximum absolute atomic E-state index is 8.00. The molecule has 1 aromatic heterocycles. The third-order valence-electron chi connectivity index (χ3n) is 1.36. The molecule has 0 aliphatic heterocycles. The molecule has 0 saturated heterocycles. The predicted octanol–water partition coefficient (Wildman–Crippen LogP) is 2.79. The van der Waals surface area contributed by atoms with Crippen LogP contribution in [0.1, 0.15) is 12.0 Å². The van der Waals surface area contributed by atoms with Gasteiger partial charge in [-0.3, -0.25) is 0 Å². The molecule has 0 amide bonds. The maximum Gasteiger partial charge on any atom is 0.129 e. The van der Waals surface area contributed by atoms with Gasteiger partial charge in [0, 0.05) is 29.6 Å². The quantitative estimate of drug-likeness (QED) is 0.183. The normalized spacial score (nSPS) is 8.36. The van der Waals surface area contributed by atoms with E-state index < -0.39 is 0 Å². The second kappa shape index (κ2) is 5.87. The summed E-state index contributed by atoms with van der Waals surface area (Å²) in [6.45, 7) is 0.393. The van der Waals surface area contributed by atoms with Gasteiger partial charge in [0.25, 0.3) is 0 Å². The number of rotatable bonds is 2. The lowest BCUT2D eigenvalue weighted by Crippen LogP contribution is -1.78. The Morgan fingerprint density at radius 1 is 1.57 bits per heavy atom. The van der Waals surface area contributed by atoms with Crippen molar-refractivity contribution in [2.24, 2.45) is 5.11 Å². The average molecular weight is 207 g/mol. The highest BCUT2D eigenvalue weighted by Gasteiger charge is 1.87. The molecule has 0 N–H and O–H groups in total. The summed E-state index contributed by atoms with van der Waals surface area (Å²) >= 11 is 5.60. The molecule has 0 aliphatic carbocycles. The van der Waals surface area contributed by atoms with Crippen molar-refractivity contribution in [3.63, 3.8) is 0 Å². The highest BCUT2D eigenvalue weighted by atomic mass is 35.5. The van der Waals surface area contributed by atoms with E-state index >= 15 is 0 Å². The van der Waals surface area contributed by atoms with Crippen LogP contribution in [-0.2, 0) is 0 Å². The lowest BCUT2D eigenvalue weighted by Gasteiger charge is -1.88. The van der Waals surface area contributed by atoms with E-state index in [0.717, 1.165) is 5.56 Å². The van der Waals surface area contributed by atoms with Gasteiger partial charge < -0.3 is 0 Å². The van der Waals surface area contributed by atoms with Crippen molar-refractivity contribution in [2.45, 2.75) is 6.42 Å². The first kappa shape index (κ1) is 10.4. The van der Waals surface area contributed by atoms with Gasteiger partial charge in [-0.25, -0.2) is 4.98 Å². The van der Waals surface area contributed by atoms with Crippen LogP contribution in [0.25, 0.3) is 10.4 Å². The highest BCUT2D eigenvalue weighted by Crippen LogP contribution is 2.03. The van der Waals surface area contributed by atoms with Crippen LogP contribution in [-0.4, -0.2) is 11.5 Å². The Labute approximate surface area is 86.5 Å². The summed E-state index contributed by atoms with van der Waals surface area (Å²) in [6, 6.07) is 3.47. The van der Waals surface area contributed by atoms with Gasteiger partial charge in [-0.2, -0.15) is 0 Å². The molecule has 1 aromatic rings. The number of azide groups is 1. The lowest BCUT2D eigenvalue weighted by atomic mass is 10.3. The smallest absolute Gasteiger partial charge is 0.129 e. The Balaban J connectivity index is 2.51. The molecular weight excluding hydrogens is 200 g/mol. The molecule has 0 atom stereocenters. The standard InChI is InChI=1S/C9H7ClN4/c10-9-5-4-8(7-12-9)3-1-2-6-13-14-11/h4-5,7H,2,6H2. The molecular formula is C9H7ClN4. The monoisotopic (exact) mass is 206 g/mol. The summed E-state index contributed by atoms with van der Waals surface area (Å²) in [5.74, 6) is 5.73. The zero-order chi connectivity index (χ0) is 10.2. The molecule has 0 unspecified atom stereocenters. The molecule has 14 heavy (non-hydrogen) atoms. The number of nitrogens with zero attached hydrogens (tertiary/aromatic N) is 4. The second-order valence-electron chi connectivity index (χ2n) is 2.38. The molecule has 0 aliphatic rings. The molecule has 0 radical (unpaired) electrons. The summed E-state index contributed by atoms with van der Waals surface area (Å²) in [6.07, 6.45) is 2.15. The van der Waals surface area contributed by atoms with Crippen LogP contribution in [0, 0.1) is 11.8 Å². The Hall–Kier alpha value is -1.69. The molecule has 0 aromatic carbocycles. The van der Waals surface area contributed by atoms with Crippen LogP contribution in [0.15, 0.2) is 23.4 Å². The van der Waals surface area contributed by atoms with Crippen molar-refractivity contribution < 1.29 is 0 Å². The van der Waals surface area contributed by atoms with E-state index in [1.165, 1.54) is 0 Å². The van der Waals surface area contributed by atoms with Gasteiger partial charge in [0.05, 0.1) is 0 Å². The van der Waals surface area contributed by atoms with E-state index in [1.54, 1.807) is 18.3 Å². The predicted molar refractivity (Wildman–Crippen MR) is 54.8 cm³/mol. The average Bonchev–Trinajstić information content (AvgIpc) is 2.21. The molecule has 0 fully saturated rings. The third kappa shape index (κ3) is 3.81. The minimum atomic E-state index is 0.393. The highest BCUT2D eigenvalue weighted by molar-refractivity contribution is 6.29. The molecule has 70 valence electrons. The molecule has 0 bridgehead atoms. The van der Waals surface area contributed by atoms with Crippen LogP contribution in [0.3, 0.4) is 0 Å². The summed E-state index contributed by atoms with van der Waals surface area (Å²) < 4.78 is 0. The van der Waals surface area contributed by atoms with Crippen LogP contribution in [0.2, 0.25) is 5.15 Å².